The van der Waals surface area contributed by atoms with E-state index in [-0.39, 0.29) is 32.8 Å². The van der Waals surface area contributed by atoms with Crippen molar-refractivity contribution < 1.29 is 36.7 Å². The Kier molecular flexibility index (Phi) is 11.7. The van der Waals surface area contributed by atoms with E-state index in [0.29, 0.717) is 0 Å². The lowest BCUT2D eigenvalue weighted by Crippen LogP contribution is -2.61. The Balaban J connectivity index is 1.47. The summed E-state index contributed by atoms with van der Waals surface area (Å²) in [5.74, 6) is -0.505. The van der Waals surface area contributed by atoms with Crippen molar-refractivity contribution in [3.05, 3.63) is 144 Å². The first-order chi connectivity index (χ1) is 21.4. The highest BCUT2D eigenvalue weighted by atomic mass is 32.2. The number of hydrogen-bond donors (Lipinski definition) is 1. The van der Waals surface area contributed by atoms with Gasteiger partial charge in [0.25, 0.3) is 10.1 Å². The second-order valence-corrected chi connectivity index (χ2v) is 12.3. The zero-order valence-electron chi connectivity index (χ0n) is 24.4. The van der Waals surface area contributed by atoms with E-state index in [0.717, 1.165) is 22.3 Å². The summed E-state index contributed by atoms with van der Waals surface area (Å²) in [4.78, 5) is 0. The molecule has 1 aliphatic rings. The van der Waals surface area contributed by atoms with Crippen LogP contribution in [0.1, 0.15) is 28.7 Å². The number of benzene rings is 4. The molecule has 1 N–H and O–H groups in total. The SMILES string of the molecule is O=S(=O)(O)CC[C@H]1OC(OCc2ccccc2)[C@@H](OCc2ccccc2)[C@@H](OCc2ccccc2)[C@@H]1OCc1ccccc1. The van der Waals surface area contributed by atoms with Crippen molar-refractivity contribution in [2.24, 2.45) is 0 Å². The lowest BCUT2D eigenvalue weighted by Gasteiger charge is -2.46. The summed E-state index contributed by atoms with van der Waals surface area (Å²) in [7, 11) is -4.27. The first-order valence-corrected chi connectivity index (χ1v) is 16.3. The first-order valence-electron chi connectivity index (χ1n) is 14.7. The van der Waals surface area contributed by atoms with Crippen molar-refractivity contribution in [2.75, 3.05) is 5.75 Å². The number of rotatable bonds is 15. The smallest absolute Gasteiger partial charge is 0.264 e. The third-order valence-corrected chi connectivity index (χ3v) is 8.12. The zero-order valence-corrected chi connectivity index (χ0v) is 25.2. The highest BCUT2D eigenvalue weighted by Gasteiger charge is 2.49. The van der Waals surface area contributed by atoms with Crippen LogP contribution in [0.15, 0.2) is 121 Å². The molecule has 4 aromatic carbocycles. The highest BCUT2D eigenvalue weighted by molar-refractivity contribution is 7.85. The van der Waals surface area contributed by atoms with Crippen LogP contribution in [0, 0.1) is 0 Å². The fraction of sp³-hybridized carbons (Fsp3) is 0.314. The fourth-order valence-electron chi connectivity index (χ4n) is 5.13. The van der Waals surface area contributed by atoms with E-state index in [1.165, 1.54) is 0 Å². The average Bonchev–Trinajstić information content (AvgIpc) is 3.05. The molecule has 1 fully saturated rings. The monoisotopic (exact) mass is 618 g/mol. The van der Waals surface area contributed by atoms with Crippen LogP contribution in [0.5, 0.6) is 0 Å². The number of ether oxygens (including phenoxy) is 5. The maximum absolute atomic E-state index is 11.8. The van der Waals surface area contributed by atoms with Crippen LogP contribution in [0.4, 0.5) is 0 Å². The quantitative estimate of drug-likeness (QED) is 0.163. The minimum absolute atomic E-state index is 0.0277. The molecule has 5 rings (SSSR count). The average molecular weight is 619 g/mol. The molecule has 0 aliphatic carbocycles. The van der Waals surface area contributed by atoms with Gasteiger partial charge in [-0.1, -0.05) is 121 Å². The Hall–Kier alpha value is -3.41. The van der Waals surface area contributed by atoms with Crippen molar-refractivity contribution in [2.45, 2.75) is 63.6 Å². The summed E-state index contributed by atoms with van der Waals surface area (Å²) in [5.41, 5.74) is 3.80. The predicted molar refractivity (Wildman–Crippen MR) is 166 cm³/mol. The van der Waals surface area contributed by atoms with E-state index in [4.69, 9.17) is 23.7 Å². The molecule has 1 unspecified atom stereocenters. The number of hydrogen-bond acceptors (Lipinski definition) is 7. The van der Waals surface area contributed by atoms with Crippen LogP contribution in [0.25, 0.3) is 0 Å². The van der Waals surface area contributed by atoms with Crippen molar-refractivity contribution >= 4 is 10.1 Å². The van der Waals surface area contributed by atoms with Crippen molar-refractivity contribution in [3.8, 4) is 0 Å². The Labute approximate surface area is 259 Å². The van der Waals surface area contributed by atoms with Gasteiger partial charge in [-0.3, -0.25) is 4.55 Å². The summed E-state index contributed by atoms with van der Waals surface area (Å²) < 4.78 is 65.7. The summed E-state index contributed by atoms with van der Waals surface area (Å²) in [6.07, 6.45) is -3.89. The van der Waals surface area contributed by atoms with Crippen molar-refractivity contribution in [1.82, 2.24) is 0 Å². The van der Waals surface area contributed by atoms with Gasteiger partial charge in [0.05, 0.1) is 38.3 Å². The van der Waals surface area contributed by atoms with E-state index in [1.54, 1.807) is 0 Å². The third kappa shape index (κ3) is 9.80. The van der Waals surface area contributed by atoms with Gasteiger partial charge in [-0.05, 0) is 28.7 Å². The predicted octanol–water partition coefficient (Wildman–Crippen LogP) is 5.96. The maximum atomic E-state index is 11.8. The molecule has 44 heavy (non-hydrogen) atoms. The molecule has 0 spiro atoms. The summed E-state index contributed by atoms with van der Waals surface area (Å²) >= 11 is 0. The minimum Gasteiger partial charge on any atom is -0.368 e. The zero-order chi connectivity index (χ0) is 30.6. The Morgan fingerprint density at radius 1 is 0.523 bits per heavy atom. The molecule has 4 aromatic rings. The van der Waals surface area contributed by atoms with Gasteiger partial charge in [-0.2, -0.15) is 8.42 Å². The molecule has 5 atom stereocenters. The summed E-state index contributed by atoms with van der Waals surface area (Å²) in [6.45, 7) is 1.01. The van der Waals surface area contributed by atoms with Crippen LogP contribution >= 0.6 is 0 Å². The normalized spacial score (nSPS) is 22.1. The lowest BCUT2D eigenvalue weighted by molar-refractivity contribution is -0.325. The van der Waals surface area contributed by atoms with Crippen LogP contribution in [-0.4, -0.2) is 49.4 Å². The molecule has 1 aliphatic heterocycles. The van der Waals surface area contributed by atoms with E-state index in [9.17, 15) is 13.0 Å². The van der Waals surface area contributed by atoms with Crippen LogP contribution in [0.3, 0.4) is 0 Å². The Morgan fingerprint density at radius 3 is 1.30 bits per heavy atom. The van der Waals surface area contributed by atoms with Crippen LogP contribution < -0.4 is 0 Å². The minimum atomic E-state index is -4.27. The molecule has 0 saturated carbocycles. The highest BCUT2D eigenvalue weighted by Crippen LogP contribution is 2.33. The van der Waals surface area contributed by atoms with Crippen LogP contribution in [-0.2, 0) is 60.2 Å². The summed E-state index contributed by atoms with van der Waals surface area (Å²) in [5, 5.41) is 0. The molecule has 8 nitrogen and oxygen atoms in total. The molecule has 0 bridgehead atoms. The van der Waals surface area contributed by atoms with Gasteiger partial charge in [0.15, 0.2) is 6.29 Å². The van der Waals surface area contributed by atoms with Gasteiger partial charge >= 0.3 is 0 Å². The van der Waals surface area contributed by atoms with Gasteiger partial charge in [0.2, 0.25) is 0 Å². The topological polar surface area (TPSA) is 101 Å². The van der Waals surface area contributed by atoms with E-state index >= 15 is 0 Å². The molecule has 1 heterocycles. The van der Waals surface area contributed by atoms with Gasteiger partial charge in [-0.15, -0.1) is 0 Å². The molecular formula is C35H38O8S. The van der Waals surface area contributed by atoms with Crippen LogP contribution in [0.2, 0.25) is 0 Å². The second-order valence-electron chi connectivity index (χ2n) is 10.7. The second kappa shape index (κ2) is 16.1. The van der Waals surface area contributed by atoms with E-state index < -0.39 is 46.6 Å². The molecule has 0 amide bonds. The Morgan fingerprint density at radius 2 is 0.886 bits per heavy atom. The fourth-order valence-corrected chi connectivity index (χ4v) is 5.66. The largest absolute Gasteiger partial charge is 0.368 e. The molecule has 9 heteroatoms. The van der Waals surface area contributed by atoms with Gasteiger partial charge in [0, 0.05) is 0 Å². The standard InChI is InChI=1S/C35H38O8S/c36-44(37,38)22-21-31-32(39-23-27-13-5-1-6-14-27)33(40-24-28-15-7-2-8-16-28)34(41-25-29-17-9-3-10-18-29)35(43-31)42-26-30-19-11-4-12-20-30/h1-20,31-35H,21-26H2,(H,36,37,38)/t31-,32-,33+,34+,35?/m1/s1. The first kappa shape index (κ1) is 32.0. The summed E-state index contributed by atoms with van der Waals surface area (Å²) in [6, 6.07) is 38.9. The Bertz CT molecular complexity index is 1490. The van der Waals surface area contributed by atoms with Gasteiger partial charge in [0.1, 0.15) is 18.3 Å². The molecule has 232 valence electrons. The molecule has 0 radical (unpaired) electrons. The van der Waals surface area contributed by atoms with Crippen molar-refractivity contribution in [1.29, 1.82) is 0 Å². The third-order valence-electron chi connectivity index (χ3n) is 7.36. The van der Waals surface area contributed by atoms with Gasteiger partial charge in [-0.25, -0.2) is 0 Å². The molecule has 0 aromatic heterocycles. The van der Waals surface area contributed by atoms with E-state index in [2.05, 4.69) is 0 Å². The maximum Gasteiger partial charge on any atom is 0.264 e. The van der Waals surface area contributed by atoms with E-state index in [1.807, 2.05) is 121 Å². The van der Waals surface area contributed by atoms with Gasteiger partial charge < -0.3 is 23.7 Å². The molecule has 1 saturated heterocycles. The lowest BCUT2D eigenvalue weighted by atomic mass is 9.96. The molecular weight excluding hydrogens is 580 g/mol. The van der Waals surface area contributed by atoms with Crippen molar-refractivity contribution in [3.63, 3.8) is 0 Å².